The number of amides is 1. The van der Waals surface area contributed by atoms with Gasteiger partial charge in [-0.05, 0) is 19.0 Å². The van der Waals surface area contributed by atoms with Gasteiger partial charge in [-0.3, -0.25) is 14.5 Å². The van der Waals surface area contributed by atoms with Crippen LogP contribution < -0.4 is 5.56 Å². The molecule has 1 aliphatic heterocycles. The average Bonchev–Trinajstić information content (AvgIpc) is 2.58. The van der Waals surface area contributed by atoms with Crippen LogP contribution >= 0.6 is 0 Å². The summed E-state index contributed by atoms with van der Waals surface area (Å²) in [5.74, 6) is -0.0899. The number of carbonyl (C=O) groups is 1. The maximum absolute atomic E-state index is 12.9. The van der Waals surface area contributed by atoms with Gasteiger partial charge in [-0.25, -0.2) is 4.68 Å². The van der Waals surface area contributed by atoms with Gasteiger partial charge in [0.2, 0.25) is 0 Å². The van der Waals surface area contributed by atoms with Crippen LogP contribution in [0.1, 0.15) is 23.8 Å². The lowest BCUT2D eigenvalue weighted by molar-refractivity contribution is 0.0631. The highest BCUT2D eigenvalue weighted by Crippen LogP contribution is 2.16. The second-order valence-corrected chi connectivity index (χ2v) is 5.96. The number of benzene rings is 1. The van der Waals surface area contributed by atoms with Crippen LogP contribution in [0, 0.1) is 0 Å². The molecule has 0 radical (unpaired) electrons. The Labute approximate surface area is 135 Å². The molecule has 1 fully saturated rings. The molecule has 2 aromatic rings. The third-order valence-electron chi connectivity index (χ3n) is 4.36. The molecular formula is C17H22N4O2. The number of nitrogens with zero attached hydrogens (tertiary/aromatic N) is 4. The number of aromatic nitrogens is 2. The number of carbonyl (C=O) groups excluding carboxylic acids is 1. The fourth-order valence-electron chi connectivity index (χ4n) is 3.10. The van der Waals surface area contributed by atoms with E-state index in [0.717, 1.165) is 26.1 Å². The first-order valence-corrected chi connectivity index (χ1v) is 8.09. The summed E-state index contributed by atoms with van der Waals surface area (Å²) in [5, 5.41) is 5.41. The number of rotatable bonds is 3. The number of hydrogen-bond acceptors (Lipinski definition) is 4. The molecule has 0 N–H and O–H groups in total. The highest BCUT2D eigenvalue weighted by Gasteiger charge is 2.25. The first-order valence-electron chi connectivity index (χ1n) is 8.09. The van der Waals surface area contributed by atoms with Gasteiger partial charge in [0.05, 0.1) is 5.39 Å². The maximum Gasteiger partial charge on any atom is 0.275 e. The van der Waals surface area contributed by atoms with Gasteiger partial charge in [0.25, 0.3) is 11.5 Å². The fraction of sp³-hybridized carbons (Fsp3) is 0.471. The summed E-state index contributed by atoms with van der Waals surface area (Å²) >= 11 is 0. The van der Waals surface area contributed by atoms with Crippen LogP contribution in [0.4, 0.5) is 0 Å². The highest BCUT2D eigenvalue weighted by atomic mass is 16.2. The predicted molar refractivity (Wildman–Crippen MR) is 89.6 cm³/mol. The van der Waals surface area contributed by atoms with Crippen molar-refractivity contribution < 1.29 is 4.79 Å². The summed E-state index contributed by atoms with van der Waals surface area (Å²) in [6.45, 7) is 6.43. The molecule has 0 saturated carbocycles. The van der Waals surface area contributed by atoms with E-state index in [1.807, 2.05) is 17.0 Å². The van der Waals surface area contributed by atoms with Crippen LogP contribution in [0.25, 0.3) is 10.8 Å². The van der Waals surface area contributed by atoms with Crippen molar-refractivity contribution in [3.63, 3.8) is 0 Å². The predicted octanol–water partition coefficient (Wildman–Crippen LogP) is 1.10. The van der Waals surface area contributed by atoms with Crippen molar-refractivity contribution in [3.05, 3.63) is 40.3 Å². The summed E-state index contributed by atoms with van der Waals surface area (Å²) < 4.78 is 1.25. The van der Waals surface area contributed by atoms with Crippen LogP contribution in [-0.2, 0) is 7.05 Å². The zero-order chi connectivity index (χ0) is 16.4. The summed E-state index contributed by atoms with van der Waals surface area (Å²) in [6, 6.07) is 7.18. The third-order valence-corrected chi connectivity index (χ3v) is 4.36. The van der Waals surface area contributed by atoms with Crippen molar-refractivity contribution in [2.75, 3.05) is 32.7 Å². The van der Waals surface area contributed by atoms with Gasteiger partial charge in [-0.1, -0.05) is 25.1 Å². The van der Waals surface area contributed by atoms with Gasteiger partial charge in [0.15, 0.2) is 5.69 Å². The molecule has 1 amide bonds. The van der Waals surface area contributed by atoms with E-state index in [9.17, 15) is 9.59 Å². The molecule has 1 saturated heterocycles. The number of piperazine rings is 1. The minimum atomic E-state index is -0.176. The zero-order valence-corrected chi connectivity index (χ0v) is 13.7. The molecule has 0 spiro atoms. The minimum absolute atomic E-state index is 0.0899. The van der Waals surface area contributed by atoms with Gasteiger partial charge in [-0.15, -0.1) is 0 Å². The monoisotopic (exact) mass is 314 g/mol. The Bertz CT molecular complexity index is 776. The van der Waals surface area contributed by atoms with E-state index >= 15 is 0 Å². The first kappa shape index (κ1) is 15.7. The topological polar surface area (TPSA) is 58.4 Å². The number of fused-ring (bicyclic) bond motifs is 1. The molecule has 2 heterocycles. The van der Waals surface area contributed by atoms with E-state index in [2.05, 4.69) is 16.9 Å². The van der Waals surface area contributed by atoms with Crippen molar-refractivity contribution in [2.45, 2.75) is 13.3 Å². The molecule has 3 rings (SSSR count). The van der Waals surface area contributed by atoms with Gasteiger partial charge in [0.1, 0.15) is 0 Å². The Morgan fingerprint density at radius 2 is 1.78 bits per heavy atom. The van der Waals surface area contributed by atoms with E-state index < -0.39 is 0 Å². The van der Waals surface area contributed by atoms with E-state index in [1.54, 1.807) is 19.2 Å². The highest BCUT2D eigenvalue weighted by molar-refractivity contribution is 6.04. The molecule has 0 bridgehead atoms. The van der Waals surface area contributed by atoms with E-state index in [-0.39, 0.29) is 11.5 Å². The van der Waals surface area contributed by atoms with Crippen LogP contribution in [0.5, 0.6) is 0 Å². The smallest absolute Gasteiger partial charge is 0.275 e. The van der Waals surface area contributed by atoms with Crippen molar-refractivity contribution in [2.24, 2.45) is 7.05 Å². The quantitative estimate of drug-likeness (QED) is 0.851. The molecular weight excluding hydrogens is 292 g/mol. The van der Waals surface area contributed by atoms with E-state index in [0.29, 0.717) is 29.6 Å². The average molecular weight is 314 g/mol. The van der Waals surface area contributed by atoms with Crippen LogP contribution in [0.3, 0.4) is 0 Å². The van der Waals surface area contributed by atoms with Gasteiger partial charge >= 0.3 is 0 Å². The number of aryl methyl sites for hydroxylation is 1. The standard InChI is InChI=1S/C17H22N4O2/c1-3-8-20-9-11-21(12-10-20)17(23)15-13-6-4-5-7-14(13)16(22)19(2)18-15/h4-7H,3,8-12H2,1-2H3. The van der Waals surface area contributed by atoms with E-state index in [4.69, 9.17) is 0 Å². The van der Waals surface area contributed by atoms with Gasteiger partial charge < -0.3 is 4.90 Å². The van der Waals surface area contributed by atoms with Crippen molar-refractivity contribution in [3.8, 4) is 0 Å². The Morgan fingerprint density at radius 1 is 1.13 bits per heavy atom. The number of hydrogen-bond donors (Lipinski definition) is 0. The van der Waals surface area contributed by atoms with Gasteiger partial charge in [0, 0.05) is 38.6 Å². The lowest BCUT2D eigenvalue weighted by Gasteiger charge is -2.34. The van der Waals surface area contributed by atoms with E-state index in [1.165, 1.54) is 4.68 Å². The molecule has 6 nitrogen and oxygen atoms in total. The SMILES string of the molecule is CCCN1CCN(C(=O)c2nn(C)c(=O)c3ccccc23)CC1. The fourth-order valence-corrected chi connectivity index (χ4v) is 3.10. The lowest BCUT2D eigenvalue weighted by Crippen LogP contribution is -2.49. The molecule has 122 valence electrons. The molecule has 6 heteroatoms. The van der Waals surface area contributed by atoms with Gasteiger partial charge in [-0.2, -0.15) is 5.10 Å². The molecule has 0 aliphatic carbocycles. The molecule has 23 heavy (non-hydrogen) atoms. The largest absolute Gasteiger partial charge is 0.335 e. The zero-order valence-electron chi connectivity index (χ0n) is 13.7. The van der Waals surface area contributed by atoms with Crippen molar-refractivity contribution in [1.29, 1.82) is 0 Å². The second-order valence-electron chi connectivity index (χ2n) is 5.96. The normalized spacial score (nSPS) is 16.0. The maximum atomic E-state index is 12.9. The molecule has 0 unspecified atom stereocenters. The minimum Gasteiger partial charge on any atom is -0.335 e. The first-order chi connectivity index (χ1) is 11.1. The van der Waals surface area contributed by atoms with Crippen LogP contribution in [0.2, 0.25) is 0 Å². The summed E-state index contributed by atoms with van der Waals surface area (Å²) in [7, 11) is 1.59. The Balaban J connectivity index is 1.90. The summed E-state index contributed by atoms with van der Waals surface area (Å²) in [6.07, 6.45) is 1.13. The Hall–Kier alpha value is -2.21. The molecule has 1 aromatic heterocycles. The lowest BCUT2D eigenvalue weighted by atomic mass is 10.1. The Morgan fingerprint density at radius 3 is 2.43 bits per heavy atom. The third kappa shape index (κ3) is 2.99. The van der Waals surface area contributed by atoms with Crippen LogP contribution in [0.15, 0.2) is 29.1 Å². The summed E-state index contributed by atoms with van der Waals surface area (Å²) in [4.78, 5) is 29.2. The van der Waals surface area contributed by atoms with Crippen molar-refractivity contribution in [1.82, 2.24) is 19.6 Å². The van der Waals surface area contributed by atoms with Crippen LogP contribution in [-0.4, -0.2) is 58.2 Å². The Kier molecular flexibility index (Phi) is 4.43. The second kappa shape index (κ2) is 6.50. The molecule has 1 aliphatic rings. The summed E-state index contributed by atoms with van der Waals surface area (Å²) in [5.41, 5.74) is 0.191. The van der Waals surface area contributed by atoms with Crippen molar-refractivity contribution >= 4 is 16.7 Å². The molecule has 0 atom stereocenters. The molecule has 1 aromatic carbocycles.